The highest BCUT2D eigenvalue weighted by atomic mass is 127. The number of hydrogen-bond acceptors (Lipinski definition) is 3. The molecular weight excluding hydrogens is 505 g/mol. The van der Waals surface area contributed by atoms with Gasteiger partial charge < -0.3 is 20.4 Å². The van der Waals surface area contributed by atoms with E-state index >= 15 is 0 Å². The normalized spacial score (nSPS) is 17.4. The molecule has 0 aromatic heterocycles. The van der Waals surface area contributed by atoms with E-state index in [0.29, 0.717) is 17.4 Å². The van der Waals surface area contributed by atoms with Crippen molar-refractivity contribution in [3.8, 4) is 0 Å². The molecule has 1 heterocycles. The lowest BCUT2D eigenvalue weighted by Crippen LogP contribution is -2.52. The van der Waals surface area contributed by atoms with Crippen molar-refractivity contribution in [2.45, 2.75) is 25.1 Å². The van der Waals surface area contributed by atoms with E-state index in [1.807, 2.05) is 6.07 Å². The Morgan fingerprint density at radius 1 is 1.38 bits per heavy atom. The molecule has 0 radical (unpaired) electrons. The number of piperidine rings is 1. The number of halogens is 5. The summed E-state index contributed by atoms with van der Waals surface area (Å²) in [4.78, 5) is 18.5. The van der Waals surface area contributed by atoms with Crippen molar-refractivity contribution in [1.29, 1.82) is 0 Å². The van der Waals surface area contributed by atoms with Crippen LogP contribution in [0.4, 0.5) is 23.2 Å². The van der Waals surface area contributed by atoms with Crippen LogP contribution in [0.2, 0.25) is 0 Å². The van der Waals surface area contributed by atoms with Gasteiger partial charge in [0.2, 0.25) is 5.91 Å². The lowest BCUT2D eigenvalue weighted by molar-refractivity contribution is -0.157. The van der Waals surface area contributed by atoms with Crippen LogP contribution in [0, 0.1) is 5.82 Å². The fourth-order valence-electron chi connectivity index (χ4n) is 3.04. The Morgan fingerprint density at radius 3 is 2.72 bits per heavy atom. The molecule has 164 valence electrons. The van der Waals surface area contributed by atoms with Crippen LogP contribution >= 0.6 is 24.0 Å². The molecule has 1 aliphatic rings. The molecule has 0 aliphatic carbocycles. The number of rotatable bonds is 5. The summed E-state index contributed by atoms with van der Waals surface area (Å²) in [5.74, 6) is -0.656. The first-order valence-electron chi connectivity index (χ1n) is 8.96. The van der Waals surface area contributed by atoms with Crippen LogP contribution in [0.1, 0.15) is 12.8 Å². The molecule has 0 bridgehead atoms. The second-order valence-electron chi connectivity index (χ2n) is 6.70. The standard InChI is InChI=1S/C18H25F4N5O.HI/c1-23-17(24-10-16(28)26(2)12-18(20,21)22)25-14-6-4-8-27(11-14)15-7-3-5-13(19)9-15;/h3,5,7,9,14H,4,6,8,10-12H2,1-2H3,(H2,23,24,25);1H. The molecule has 0 saturated carbocycles. The van der Waals surface area contributed by atoms with E-state index in [2.05, 4.69) is 20.5 Å². The number of anilines is 1. The molecule has 11 heteroatoms. The molecule has 1 atom stereocenters. The molecule has 2 rings (SSSR count). The zero-order valence-corrected chi connectivity index (χ0v) is 18.6. The molecule has 1 aliphatic heterocycles. The third kappa shape index (κ3) is 8.62. The fourth-order valence-corrected chi connectivity index (χ4v) is 3.04. The molecule has 1 fully saturated rings. The third-order valence-corrected chi connectivity index (χ3v) is 4.41. The van der Waals surface area contributed by atoms with Crippen molar-refractivity contribution in [1.82, 2.24) is 15.5 Å². The first kappa shape index (κ1) is 25.2. The molecule has 0 spiro atoms. The highest BCUT2D eigenvalue weighted by Gasteiger charge is 2.31. The van der Waals surface area contributed by atoms with Crippen LogP contribution in [-0.2, 0) is 4.79 Å². The molecular formula is C18H26F4IN5O. The van der Waals surface area contributed by atoms with Crippen molar-refractivity contribution >= 4 is 41.5 Å². The second kappa shape index (κ2) is 11.4. The Bertz CT molecular complexity index is 701. The van der Waals surface area contributed by atoms with Gasteiger partial charge in [-0.2, -0.15) is 13.2 Å². The number of hydrogen-bond donors (Lipinski definition) is 2. The van der Waals surface area contributed by atoms with Crippen LogP contribution < -0.4 is 15.5 Å². The molecule has 2 N–H and O–H groups in total. The van der Waals surface area contributed by atoms with Gasteiger partial charge in [0, 0.05) is 38.9 Å². The molecule has 29 heavy (non-hydrogen) atoms. The Morgan fingerprint density at radius 2 is 2.10 bits per heavy atom. The van der Waals surface area contributed by atoms with E-state index in [-0.39, 0.29) is 42.4 Å². The monoisotopic (exact) mass is 531 g/mol. The third-order valence-electron chi connectivity index (χ3n) is 4.41. The number of carbonyl (C=O) groups is 1. The predicted octanol–water partition coefficient (Wildman–Crippen LogP) is 2.60. The van der Waals surface area contributed by atoms with Crippen molar-refractivity contribution in [2.75, 3.05) is 45.2 Å². The Labute approximate surface area is 184 Å². The van der Waals surface area contributed by atoms with E-state index < -0.39 is 18.6 Å². The van der Waals surface area contributed by atoms with Gasteiger partial charge in [0.15, 0.2) is 5.96 Å². The Kier molecular flexibility index (Phi) is 9.93. The van der Waals surface area contributed by atoms with E-state index in [1.54, 1.807) is 6.07 Å². The number of carbonyl (C=O) groups excluding carboxylic acids is 1. The van der Waals surface area contributed by atoms with Crippen LogP contribution in [0.25, 0.3) is 0 Å². The summed E-state index contributed by atoms with van der Waals surface area (Å²) >= 11 is 0. The fraction of sp³-hybridized carbons (Fsp3) is 0.556. The van der Waals surface area contributed by atoms with E-state index in [4.69, 9.17) is 0 Å². The van der Waals surface area contributed by atoms with Crippen LogP contribution in [0.5, 0.6) is 0 Å². The summed E-state index contributed by atoms with van der Waals surface area (Å²) in [5.41, 5.74) is 0.790. The lowest BCUT2D eigenvalue weighted by Gasteiger charge is -2.35. The largest absolute Gasteiger partial charge is 0.406 e. The zero-order chi connectivity index (χ0) is 20.7. The summed E-state index contributed by atoms with van der Waals surface area (Å²) in [6.07, 6.45) is -2.69. The average Bonchev–Trinajstić information content (AvgIpc) is 2.63. The van der Waals surface area contributed by atoms with Crippen molar-refractivity contribution < 1.29 is 22.4 Å². The highest BCUT2D eigenvalue weighted by Crippen LogP contribution is 2.20. The van der Waals surface area contributed by atoms with E-state index in [0.717, 1.165) is 32.1 Å². The minimum absolute atomic E-state index is 0. The zero-order valence-electron chi connectivity index (χ0n) is 16.3. The number of guanidine groups is 1. The number of benzene rings is 1. The number of alkyl halides is 3. The summed E-state index contributed by atoms with van der Waals surface area (Å²) in [7, 11) is 2.62. The van der Waals surface area contributed by atoms with Crippen LogP contribution in [0.15, 0.2) is 29.3 Å². The van der Waals surface area contributed by atoms with Gasteiger partial charge in [-0.25, -0.2) is 4.39 Å². The van der Waals surface area contributed by atoms with Gasteiger partial charge in [0.1, 0.15) is 12.4 Å². The van der Waals surface area contributed by atoms with Gasteiger partial charge in [-0.1, -0.05) is 6.07 Å². The maximum Gasteiger partial charge on any atom is 0.406 e. The van der Waals surface area contributed by atoms with Gasteiger partial charge in [-0.15, -0.1) is 24.0 Å². The molecule has 6 nitrogen and oxygen atoms in total. The quantitative estimate of drug-likeness (QED) is 0.266. The minimum Gasteiger partial charge on any atom is -0.369 e. The maximum atomic E-state index is 13.5. The second-order valence-corrected chi connectivity index (χ2v) is 6.70. The van der Waals surface area contributed by atoms with E-state index in [1.165, 1.54) is 19.2 Å². The molecule has 1 unspecified atom stereocenters. The Hall–Kier alpha value is -1.79. The molecule has 1 aromatic carbocycles. The van der Waals surface area contributed by atoms with Gasteiger partial charge in [0.25, 0.3) is 0 Å². The van der Waals surface area contributed by atoms with Crippen molar-refractivity contribution in [3.63, 3.8) is 0 Å². The van der Waals surface area contributed by atoms with Gasteiger partial charge >= 0.3 is 6.18 Å². The smallest absolute Gasteiger partial charge is 0.369 e. The number of nitrogens with one attached hydrogen (secondary N) is 2. The van der Waals surface area contributed by atoms with Crippen molar-refractivity contribution in [2.24, 2.45) is 4.99 Å². The summed E-state index contributed by atoms with van der Waals surface area (Å²) in [6, 6.07) is 6.37. The molecule has 1 aromatic rings. The van der Waals surface area contributed by atoms with E-state index in [9.17, 15) is 22.4 Å². The Balaban J connectivity index is 0.00000420. The minimum atomic E-state index is -4.44. The summed E-state index contributed by atoms with van der Waals surface area (Å²) < 4.78 is 50.5. The number of nitrogens with zero attached hydrogens (tertiary/aromatic N) is 3. The lowest BCUT2D eigenvalue weighted by atomic mass is 10.0. The first-order chi connectivity index (χ1) is 13.2. The van der Waals surface area contributed by atoms with Gasteiger partial charge in [-0.3, -0.25) is 9.79 Å². The average molecular weight is 531 g/mol. The summed E-state index contributed by atoms with van der Waals surface area (Å²) in [5, 5.41) is 5.92. The first-order valence-corrected chi connectivity index (χ1v) is 8.96. The maximum absolute atomic E-state index is 13.5. The SMILES string of the molecule is CN=C(NCC(=O)N(C)CC(F)(F)F)NC1CCCN(c2cccc(F)c2)C1.I. The van der Waals surface area contributed by atoms with Crippen LogP contribution in [-0.4, -0.2) is 69.3 Å². The summed E-state index contributed by atoms with van der Waals surface area (Å²) in [6.45, 7) is -0.183. The number of aliphatic imine (C=N–C) groups is 1. The van der Waals surface area contributed by atoms with Gasteiger partial charge in [-0.05, 0) is 31.0 Å². The predicted molar refractivity (Wildman–Crippen MR) is 115 cm³/mol. The number of amides is 1. The number of likely N-dealkylation sites (N-methyl/N-ethyl adjacent to an activating group) is 1. The topological polar surface area (TPSA) is 60.0 Å². The van der Waals surface area contributed by atoms with Crippen LogP contribution in [0.3, 0.4) is 0 Å². The van der Waals surface area contributed by atoms with Crippen molar-refractivity contribution in [3.05, 3.63) is 30.1 Å². The molecule has 1 saturated heterocycles. The highest BCUT2D eigenvalue weighted by molar-refractivity contribution is 14.0. The van der Waals surface area contributed by atoms with Gasteiger partial charge in [0.05, 0.1) is 6.54 Å². The molecule has 1 amide bonds.